The van der Waals surface area contributed by atoms with Gasteiger partial charge >= 0.3 is 0 Å². The second kappa shape index (κ2) is 10.4. The van der Waals surface area contributed by atoms with Gasteiger partial charge in [0.15, 0.2) is 8.32 Å². The molecule has 3 nitrogen and oxygen atoms in total. The standard InChI is InChI=1S/C34H62O3Si/c1-9-38(10-2,11-3)37-31(4,5)18-12-13-24(23-35)27-14-15-28-26-21-30(36-8)34-22-25(34)16-20-33(34,7)29(26)17-19-32(27,28)6/h24-30,35H,9-23H2,1-8H3/t24-,25+,26-,27+,28-,29-,30+,32+,33+,34-/m0/s1. The molecule has 1 N–H and O–H groups in total. The van der Waals surface area contributed by atoms with E-state index in [-0.39, 0.29) is 5.60 Å². The molecule has 0 amide bonds. The van der Waals surface area contributed by atoms with Crippen molar-refractivity contribution in [1.29, 1.82) is 0 Å². The van der Waals surface area contributed by atoms with Crippen molar-refractivity contribution < 1.29 is 14.3 Å². The zero-order chi connectivity index (χ0) is 27.6. The zero-order valence-corrected chi connectivity index (χ0v) is 27.4. The third kappa shape index (κ3) is 4.35. The maximum Gasteiger partial charge on any atom is 0.192 e. The zero-order valence-electron chi connectivity index (χ0n) is 26.4. The highest BCUT2D eigenvalue weighted by atomic mass is 28.4. The number of hydrogen-bond acceptors (Lipinski definition) is 3. The predicted molar refractivity (Wildman–Crippen MR) is 161 cm³/mol. The first kappa shape index (κ1) is 29.6. The minimum Gasteiger partial charge on any atom is -0.412 e. The molecule has 10 atom stereocenters. The van der Waals surface area contributed by atoms with Gasteiger partial charge in [0.2, 0.25) is 0 Å². The fourth-order valence-corrected chi connectivity index (χ4v) is 15.4. The summed E-state index contributed by atoms with van der Waals surface area (Å²) in [4.78, 5) is 0. The topological polar surface area (TPSA) is 38.7 Å². The van der Waals surface area contributed by atoms with E-state index in [1.54, 1.807) is 0 Å². The Morgan fingerprint density at radius 1 is 0.974 bits per heavy atom. The number of fused-ring (bicyclic) bond motifs is 4. The van der Waals surface area contributed by atoms with Gasteiger partial charge in [-0.15, -0.1) is 0 Å². The molecular weight excluding hydrogens is 484 g/mol. The van der Waals surface area contributed by atoms with Crippen LogP contribution < -0.4 is 0 Å². The summed E-state index contributed by atoms with van der Waals surface area (Å²) in [7, 11) is 0.406. The molecule has 0 aliphatic heterocycles. The van der Waals surface area contributed by atoms with Crippen molar-refractivity contribution in [3.8, 4) is 0 Å². The normalized spacial score (nSPS) is 44.8. The molecule has 38 heavy (non-hydrogen) atoms. The van der Waals surface area contributed by atoms with Gasteiger partial charge in [-0.2, -0.15) is 0 Å². The van der Waals surface area contributed by atoms with Crippen LogP contribution in [0.5, 0.6) is 0 Å². The lowest BCUT2D eigenvalue weighted by molar-refractivity contribution is -0.162. The van der Waals surface area contributed by atoms with E-state index in [1.165, 1.54) is 75.9 Å². The van der Waals surface area contributed by atoms with Crippen LogP contribution in [0.4, 0.5) is 0 Å². The molecule has 5 saturated carbocycles. The van der Waals surface area contributed by atoms with Gasteiger partial charge in [-0.05, 0) is 143 Å². The number of methoxy groups -OCH3 is 1. The number of hydrogen-bond donors (Lipinski definition) is 1. The summed E-state index contributed by atoms with van der Waals surface area (Å²) in [5.74, 6) is 4.65. The lowest BCUT2D eigenvalue weighted by Gasteiger charge is -2.61. The molecule has 4 heteroatoms. The molecular formula is C34H62O3Si. The maximum atomic E-state index is 10.7. The first-order chi connectivity index (χ1) is 18.0. The summed E-state index contributed by atoms with van der Waals surface area (Å²) < 4.78 is 13.3. The van der Waals surface area contributed by atoms with Crippen molar-refractivity contribution in [2.75, 3.05) is 13.7 Å². The number of rotatable bonds is 12. The Kier molecular flexibility index (Phi) is 8.12. The molecule has 5 rings (SSSR count). The Morgan fingerprint density at radius 2 is 1.68 bits per heavy atom. The van der Waals surface area contributed by atoms with Crippen LogP contribution in [-0.2, 0) is 9.16 Å². The summed E-state index contributed by atoms with van der Waals surface area (Å²) in [5, 5.41) is 10.7. The quantitative estimate of drug-likeness (QED) is 0.248. The van der Waals surface area contributed by atoms with Crippen LogP contribution in [0.1, 0.15) is 119 Å². The number of ether oxygens (including phenoxy) is 1. The van der Waals surface area contributed by atoms with Crippen molar-refractivity contribution >= 4 is 8.32 Å². The van der Waals surface area contributed by atoms with Gasteiger partial charge in [0.25, 0.3) is 0 Å². The molecule has 5 aliphatic carbocycles. The van der Waals surface area contributed by atoms with Crippen LogP contribution >= 0.6 is 0 Å². The first-order valence-electron chi connectivity index (χ1n) is 16.8. The van der Waals surface area contributed by atoms with Crippen molar-refractivity contribution in [2.45, 2.75) is 149 Å². The summed E-state index contributed by atoms with van der Waals surface area (Å²) in [5.41, 5.74) is 1.39. The summed E-state index contributed by atoms with van der Waals surface area (Å²) in [6.45, 7) is 17.4. The third-order valence-corrected chi connectivity index (χ3v) is 19.3. The number of aliphatic hydroxyl groups excluding tert-OH is 1. The van der Waals surface area contributed by atoms with E-state index in [0.29, 0.717) is 40.8 Å². The van der Waals surface area contributed by atoms with E-state index in [1.807, 2.05) is 7.11 Å². The molecule has 0 saturated heterocycles. The second-order valence-electron chi connectivity index (χ2n) is 15.9. The van der Waals surface area contributed by atoms with Gasteiger partial charge in [-0.25, -0.2) is 0 Å². The molecule has 0 aromatic heterocycles. The van der Waals surface area contributed by atoms with Crippen molar-refractivity contribution in [3.05, 3.63) is 0 Å². The largest absolute Gasteiger partial charge is 0.412 e. The summed E-state index contributed by atoms with van der Waals surface area (Å²) >= 11 is 0. The molecule has 220 valence electrons. The van der Waals surface area contributed by atoms with Gasteiger partial charge in [-0.1, -0.05) is 41.0 Å². The molecule has 5 fully saturated rings. The molecule has 0 heterocycles. The Bertz CT molecular complexity index is 831. The van der Waals surface area contributed by atoms with Gasteiger partial charge in [0.1, 0.15) is 0 Å². The highest BCUT2D eigenvalue weighted by Gasteiger charge is 2.77. The van der Waals surface area contributed by atoms with Gasteiger partial charge in [0.05, 0.1) is 11.7 Å². The Hall–Kier alpha value is 0.0969. The average molecular weight is 547 g/mol. The third-order valence-electron chi connectivity index (χ3n) is 14.5. The monoisotopic (exact) mass is 546 g/mol. The van der Waals surface area contributed by atoms with Crippen LogP contribution in [0.25, 0.3) is 0 Å². The van der Waals surface area contributed by atoms with E-state index in [4.69, 9.17) is 9.16 Å². The fourth-order valence-electron chi connectivity index (χ4n) is 12.2. The van der Waals surface area contributed by atoms with Crippen molar-refractivity contribution in [3.63, 3.8) is 0 Å². The Balaban J connectivity index is 1.25. The van der Waals surface area contributed by atoms with E-state index in [0.717, 1.165) is 36.5 Å². The van der Waals surface area contributed by atoms with Crippen LogP contribution in [0.3, 0.4) is 0 Å². The molecule has 0 aromatic rings. The molecule has 0 aromatic carbocycles. The van der Waals surface area contributed by atoms with E-state index >= 15 is 0 Å². The lowest BCUT2D eigenvalue weighted by atomic mass is 9.45. The van der Waals surface area contributed by atoms with Crippen LogP contribution in [0.15, 0.2) is 0 Å². The highest BCUT2D eigenvalue weighted by Crippen LogP contribution is 2.82. The minimum atomic E-state index is -1.60. The number of aliphatic hydroxyl groups is 1. The van der Waals surface area contributed by atoms with Crippen LogP contribution in [0.2, 0.25) is 18.1 Å². The van der Waals surface area contributed by atoms with Gasteiger partial charge in [0, 0.05) is 19.1 Å². The average Bonchev–Trinajstić information content (AvgIpc) is 3.42. The van der Waals surface area contributed by atoms with Crippen LogP contribution in [-0.4, -0.2) is 38.8 Å². The Labute approximate surface area is 236 Å². The smallest absolute Gasteiger partial charge is 0.192 e. The first-order valence-corrected chi connectivity index (χ1v) is 19.4. The summed E-state index contributed by atoms with van der Waals surface area (Å²) in [6, 6.07) is 3.66. The lowest BCUT2D eigenvalue weighted by Crippen LogP contribution is -2.57. The van der Waals surface area contributed by atoms with E-state index < -0.39 is 8.32 Å². The maximum absolute atomic E-state index is 10.7. The minimum absolute atomic E-state index is 0.0426. The van der Waals surface area contributed by atoms with Crippen molar-refractivity contribution in [1.82, 2.24) is 0 Å². The van der Waals surface area contributed by atoms with E-state index in [9.17, 15) is 5.11 Å². The van der Waals surface area contributed by atoms with Gasteiger partial charge < -0.3 is 14.3 Å². The molecule has 5 aliphatic rings. The molecule has 0 radical (unpaired) electrons. The molecule has 0 bridgehead atoms. The predicted octanol–water partition coefficient (Wildman–Crippen LogP) is 8.85. The fraction of sp³-hybridized carbons (Fsp3) is 1.00. The Morgan fingerprint density at radius 3 is 2.29 bits per heavy atom. The molecule has 1 spiro atoms. The SMILES string of the molecule is CC[Si](CC)(CC)OC(C)(C)CCC[C@@H](CO)[C@H]1CC[C@H]2[C@@H]3C[C@@H](OC)[C@]45C[C@H]4CC[C@]5(C)[C@H]3CC[C@]12C. The van der Waals surface area contributed by atoms with E-state index in [2.05, 4.69) is 48.5 Å². The van der Waals surface area contributed by atoms with Crippen molar-refractivity contribution in [2.24, 2.45) is 51.8 Å². The van der Waals surface area contributed by atoms with Gasteiger partial charge in [-0.3, -0.25) is 0 Å². The molecule has 0 unspecified atom stereocenters. The highest BCUT2D eigenvalue weighted by molar-refractivity contribution is 6.73. The summed E-state index contributed by atoms with van der Waals surface area (Å²) in [6.07, 6.45) is 15.1. The van der Waals surface area contributed by atoms with Crippen LogP contribution in [0, 0.1) is 51.8 Å². The second-order valence-corrected chi connectivity index (χ2v) is 20.6.